The Morgan fingerprint density at radius 2 is 1.83 bits per heavy atom. The zero-order valence-electron chi connectivity index (χ0n) is 17.0. The van der Waals surface area contributed by atoms with Gasteiger partial charge in [-0.15, -0.1) is 0 Å². The molecule has 6 nitrogen and oxygen atoms in total. The highest BCUT2D eigenvalue weighted by Gasteiger charge is 2.24. The lowest BCUT2D eigenvalue weighted by atomic mass is 9.97. The maximum Gasteiger partial charge on any atom is 0.256 e. The predicted octanol–water partition coefficient (Wildman–Crippen LogP) is 3.56. The number of rotatable bonds is 4. The molecule has 0 radical (unpaired) electrons. The van der Waals surface area contributed by atoms with Gasteiger partial charge in [-0.1, -0.05) is 42.5 Å². The number of hydrogen-bond donors (Lipinski definition) is 0. The number of imidazole rings is 1. The number of aryl methyl sites for hydroxylation is 1. The average Bonchev–Trinajstić information content (AvgIpc) is 3.40. The summed E-state index contributed by atoms with van der Waals surface area (Å²) in [6, 6.07) is 14.6. The Bertz CT molecular complexity index is 1200. The van der Waals surface area contributed by atoms with Crippen LogP contribution in [-0.4, -0.2) is 51.2 Å². The van der Waals surface area contributed by atoms with Gasteiger partial charge < -0.3 is 18.8 Å². The molecule has 6 heteroatoms. The number of aromatic nitrogens is 3. The lowest BCUT2D eigenvalue weighted by molar-refractivity contribution is 0.0303. The van der Waals surface area contributed by atoms with Crippen molar-refractivity contribution >= 4 is 16.7 Å². The van der Waals surface area contributed by atoms with Crippen LogP contribution in [0.3, 0.4) is 0 Å². The minimum absolute atomic E-state index is 0.0602. The van der Waals surface area contributed by atoms with Crippen molar-refractivity contribution in [3.8, 4) is 11.1 Å². The van der Waals surface area contributed by atoms with Crippen molar-refractivity contribution in [2.45, 2.75) is 6.54 Å². The highest BCUT2D eigenvalue weighted by molar-refractivity contribution is 6.06. The van der Waals surface area contributed by atoms with Crippen molar-refractivity contribution < 1.29 is 9.53 Å². The summed E-state index contributed by atoms with van der Waals surface area (Å²) >= 11 is 0. The Morgan fingerprint density at radius 3 is 2.63 bits per heavy atom. The smallest absolute Gasteiger partial charge is 0.256 e. The van der Waals surface area contributed by atoms with Gasteiger partial charge in [-0.25, -0.2) is 4.98 Å². The normalized spacial score (nSPS) is 14.4. The SMILES string of the molecule is Cn1cncc1Cn1cc(C(=O)N2CCOCC2)c(-c2cccc3ccccc23)c1. The van der Waals surface area contributed by atoms with Crippen molar-refractivity contribution in [2.24, 2.45) is 7.05 Å². The van der Waals surface area contributed by atoms with E-state index in [2.05, 4.69) is 46.1 Å². The van der Waals surface area contributed by atoms with Gasteiger partial charge in [0.2, 0.25) is 0 Å². The fourth-order valence-electron chi connectivity index (χ4n) is 4.11. The third-order valence-corrected chi connectivity index (χ3v) is 5.75. The van der Waals surface area contributed by atoms with Crippen molar-refractivity contribution in [2.75, 3.05) is 26.3 Å². The molecule has 0 unspecified atom stereocenters. The molecule has 5 rings (SSSR count). The van der Waals surface area contributed by atoms with Gasteiger partial charge in [0.25, 0.3) is 5.91 Å². The van der Waals surface area contributed by atoms with Gasteiger partial charge in [-0.05, 0) is 16.3 Å². The Labute approximate surface area is 175 Å². The fraction of sp³-hybridized carbons (Fsp3) is 0.250. The van der Waals surface area contributed by atoms with E-state index in [1.165, 1.54) is 5.39 Å². The maximum atomic E-state index is 13.5. The first kappa shape index (κ1) is 18.6. The molecule has 0 aliphatic carbocycles. The van der Waals surface area contributed by atoms with E-state index in [4.69, 9.17) is 4.74 Å². The van der Waals surface area contributed by atoms with Gasteiger partial charge in [0.1, 0.15) is 0 Å². The van der Waals surface area contributed by atoms with Crippen molar-refractivity contribution in [3.63, 3.8) is 0 Å². The number of carbonyl (C=O) groups is 1. The number of ether oxygens (including phenoxy) is 1. The van der Waals surface area contributed by atoms with Crippen LogP contribution in [0.15, 0.2) is 67.4 Å². The Balaban J connectivity index is 1.62. The summed E-state index contributed by atoms with van der Waals surface area (Å²) in [5.41, 5.74) is 3.86. The second kappa shape index (κ2) is 7.80. The van der Waals surface area contributed by atoms with Crippen LogP contribution in [0.4, 0.5) is 0 Å². The van der Waals surface area contributed by atoms with Crippen molar-refractivity contribution in [3.05, 3.63) is 78.6 Å². The number of benzene rings is 2. The molecule has 2 aromatic heterocycles. The van der Waals surface area contributed by atoms with Gasteiger partial charge in [0.15, 0.2) is 0 Å². The first-order valence-corrected chi connectivity index (χ1v) is 10.2. The standard InChI is InChI=1S/C24H24N4O2/c1-26-17-25-13-19(26)14-27-15-22(21-8-4-6-18-5-2-3-7-20(18)21)23(16-27)24(29)28-9-11-30-12-10-28/h2-8,13,15-17H,9-12,14H2,1H3. The minimum atomic E-state index is 0.0602. The molecular weight excluding hydrogens is 376 g/mol. The second-order valence-electron chi connectivity index (χ2n) is 7.69. The summed E-state index contributed by atoms with van der Waals surface area (Å²) in [7, 11) is 1.98. The molecule has 0 saturated carbocycles. The highest BCUT2D eigenvalue weighted by Crippen LogP contribution is 2.33. The quantitative estimate of drug-likeness (QED) is 0.526. The summed E-state index contributed by atoms with van der Waals surface area (Å²) in [6.07, 6.45) is 7.72. The largest absolute Gasteiger partial charge is 0.378 e. The molecule has 0 bridgehead atoms. The van der Waals surface area contributed by atoms with E-state index in [0.717, 1.165) is 27.8 Å². The number of carbonyl (C=O) groups excluding carboxylic acids is 1. The van der Waals surface area contributed by atoms with E-state index in [-0.39, 0.29) is 5.91 Å². The van der Waals surface area contributed by atoms with Crippen LogP contribution in [0.5, 0.6) is 0 Å². The monoisotopic (exact) mass is 400 g/mol. The third-order valence-electron chi connectivity index (χ3n) is 5.75. The molecule has 0 N–H and O–H groups in total. The van der Waals surface area contributed by atoms with Crippen LogP contribution in [-0.2, 0) is 18.3 Å². The zero-order valence-corrected chi connectivity index (χ0v) is 17.0. The molecule has 1 aliphatic rings. The Hall–Kier alpha value is -3.38. The number of morpholine rings is 1. The molecular formula is C24H24N4O2. The van der Waals surface area contributed by atoms with E-state index in [0.29, 0.717) is 32.8 Å². The van der Waals surface area contributed by atoms with Crippen LogP contribution in [0.25, 0.3) is 21.9 Å². The second-order valence-corrected chi connectivity index (χ2v) is 7.69. The van der Waals surface area contributed by atoms with Gasteiger partial charge >= 0.3 is 0 Å². The molecule has 2 aromatic carbocycles. The van der Waals surface area contributed by atoms with Crippen LogP contribution in [0.2, 0.25) is 0 Å². The van der Waals surface area contributed by atoms with Crippen LogP contribution in [0.1, 0.15) is 16.1 Å². The number of amides is 1. The summed E-state index contributed by atoms with van der Waals surface area (Å²) in [6.45, 7) is 3.09. The molecule has 1 fully saturated rings. The number of hydrogen-bond acceptors (Lipinski definition) is 3. The molecule has 4 aromatic rings. The lowest BCUT2D eigenvalue weighted by Crippen LogP contribution is -2.40. The summed E-state index contributed by atoms with van der Waals surface area (Å²) in [5.74, 6) is 0.0602. The minimum Gasteiger partial charge on any atom is -0.378 e. The zero-order chi connectivity index (χ0) is 20.5. The molecule has 3 heterocycles. The van der Waals surface area contributed by atoms with Gasteiger partial charge in [0.05, 0.1) is 37.3 Å². The molecule has 0 spiro atoms. The van der Waals surface area contributed by atoms with E-state index in [1.54, 1.807) is 6.33 Å². The van der Waals surface area contributed by atoms with E-state index in [9.17, 15) is 4.79 Å². The van der Waals surface area contributed by atoms with E-state index in [1.807, 2.05) is 41.0 Å². The van der Waals surface area contributed by atoms with Crippen molar-refractivity contribution in [1.29, 1.82) is 0 Å². The topological polar surface area (TPSA) is 52.3 Å². The lowest BCUT2D eigenvalue weighted by Gasteiger charge is -2.27. The van der Waals surface area contributed by atoms with Gasteiger partial charge in [-0.2, -0.15) is 0 Å². The van der Waals surface area contributed by atoms with E-state index < -0.39 is 0 Å². The summed E-state index contributed by atoms with van der Waals surface area (Å²) in [4.78, 5) is 19.6. The maximum absolute atomic E-state index is 13.5. The van der Waals surface area contributed by atoms with Crippen LogP contribution >= 0.6 is 0 Å². The van der Waals surface area contributed by atoms with Crippen LogP contribution < -0.4 is 0 Å². The molecule has 30 heavy (non-hydrogen) atoms. The summed E-state index contributed by atoms with van der Waals surface area (Å²) < 4.78 is 9.52. The average molecular weight is 400 g/mol. The number of nitrogens with zero attached hydrogens (tertiary/aromatic N) is 4. The first-order valence-electron chi connectivity index (χ1n) is 10.2. The third kappa shape index (κ3) is 3.39. The first-order chi connectivity index (χ1) is 14.7. The highest BCUT2D eigenvalue weighted by atomic mass is 16.5. The summed E-state index contributed by atoms with van der Waals surface area (Å²) in [5, 5.41) is 2.31. The van der Waals surface area contributed by atoms with Gasteiger partial charge in [0, 0.05) is 44.3 Å². The van der Waals surface area contributed by atoms with Crippen molar-refractivity contribution in [1.82, 2.24) is 19.0 Å². The molecule has 152 valence electrons. The molecule has 0 atom stereocenters. The Morgan fingerprint density at radius 1 is 1.03 bits per heavy atom. The molecule has 1 aliphatic heterocycles. The molecule has 1 saturated heterocycles. The number of fused-ring (bicyclic) bond motifs is 1. The Kier molecular flexibility index (Phi) is 4.85. The van der Waals surface area contributed by atoms with E-state index >= 15 is 0 Å². The van der Waals surface area contributed by atoms with Gasteiger partial charge in [-0.3, -0.25) is 4.79 Å². The predicted molar refractivity (Wildman–Crippen MR) is 116 cm³/mol. The molecule has 1 amide bonds. The fourth-order valence-corrected chi connectivity index (χ4v) is 4.11. The van der Waals surface area contributed by atoms with Crippen LogP contribution in [0, 0.1) is 0 Å².